The molecule has 0 saturated carbocycles. The van der Waals surface area contributed by atoms with E-state index in [0.717, 1.165) is 24.0 Å². The monoisotopic (exact) mass is 246 g/mol. The van der Waals surface area contributed by atoms with Gasteiger partial charge in [-0.2, -0.15) is 18.3 Å². The summed E-state index contributed by atoms with van der Waals surface area (Å²) in [6.45, 7) is 0. The van der Waals surface area contributed by atoms with Crippen LogP contribution in [0.5, 0.6) is 0 Å². The van der Waals surface area contributed by atoms with Crippen LogP contribution >= 0.6 is 11.8 Å². The molecule has 0 atom stereocenters. The Labute approximate surface area is 92.3 Å². The van der Waals surface area contributed by atoms with Crippen LogP contribution in [0.25, 0.3) is 0 Å². The predicted molar refractivity (Wildman–Crippen MR) is 49.7 cm³/mol. The molecule has 0 aliphatic heterocycles. The lowest BCUT2D eigenvalue weighted by molar-refractivity contribution is -0.137. The average molecular weight is 246 g/mol. The Bertz CT molecular complexity index is 451. The fourth-order valence-corrected chi connectivity index (χ4v) is 1.59. The van der Waals surface area contributed by atoms with E-state index in [-0.39, 0.29) is 0 Å². The number of nitrogens with zero attached hydrogens (tertiary/aromatic N) is 3. The number of hydrogen-bond donors (Lipinski definition) is 1. The van der Waals surface area contributed by atoms with E-state index in [2.05, 4.69) is 20.2 Å². The number of hydrogen-bond acceptors (Lipinski definition) is 4. The van der Waals surface area contributed by atoms with Crippen LogP contribution in [-0.4, -0.2) is 20.2 Å². The zero-order valence-corrected chi connectivity index (χ0v) is 8.51. The summed E-state index contributed by atoms with van der Waals surface area (Å²) in [5.41, 5.74) is -0.769. The van der Waals surface area contributed by atoms with Crippen LogP contribution in [0.4, 0.5) is 13.2 Å². The Morgan fingerprint density at radius 2 is 2.00 bits per heavy atom. The Morgan fingerprint density at radius 1 is 1.19 bits per heavy atom. The van der Waals surface area contributed by atoms with Gasteiger partial charge in [-0.3, -0.25) is 5.10 Å². The van der Waals surface area contributed by atoms with Crippen molar-refractivity contribution >= 4 is 11.8 Å². The number of pyridine rings is 1. The van der Waals surface area contributed by atoms with Crippen LogP contribution in [0.2, 0.25) is 0 Å². The van der Waals surface area contributed by atoms with Crippen LogP contribution in [-0.2, 0) is 6.18 Å². The largest absolute Gasteiger partial charge is 0.417 e. The molecule has 1 N–H and O–H groups in total. The highest BCUT2D eigenvalue weighted by molar-refractivity contribution is 7.99. The van der Waals surface area contributed by atoms with Gasteiger partial charge >= 0.3 is 6.18 Å². The van der Waals surface area contributed by atoms with Crippen molar-refractivity contribution in [1.29, 1.82) is 0 Å². The smallest absolute Gasteiger partial charge is 0.254 e. The second-order valence-corrected chi connectivity index (χ2v) is 3.78. The molecule has 2 heterocycles. The maximum Gasteiger partial charge on any atom is 0.417 e. The molecule has 2 rings (SSSR count). The zero-order valence-electron chi connectivity index (χ0n) is 7.69. The molecule has 84 valence electrons. The van der Waals surface area contributed by atoms with Crippen LogP contribution in [0.1, 0.15) is 5.56 Å². The maximum atomic E-state index is 12.2. The highest BCUT2D eigenvalue weighted by Crippen LogP contribution is 2.30. The Kier molecular flexibility index (Phi) is 2.82. The second kappa shape index (κ2) is 4.12. The van der Waals surface area contributed by atoms with Crippen molar-refractivity contribution in [2.75, 3.05) is 0 Å². The van der Waals surface area contributed by atoms with E-state index >= 15 is 0 Å². The average Bonchev–Trinajstić information content (AvgIpc) is 2.70. The standard InChI is InChI=1S/C8H5F3N4S/c9-8(10,11)5-1-2-6(12-3-5)16-7-13-4-14-15-7/h1-4H,(H,13,14,15). The van der Waals surface area contributed by atoms with E-state index in [4.69, 9.17) is 0 Å². The minimum atomic E-state index is -4.36. The molecule has 16 heavy (non-hydrogen) atoms. The summed E-state index contributed by atoms with van der Waals surface area (Å²) in [6.07, 6.45) is -2.26. The lowest BCUT2D eigenvalue weighted by atomic mass is 10.3. The van der Waals surface area contributed by atoms with E-state index in [0.29, 0.717) is 10.2 Å². The number of aromatic nitrogens is 4. The fourth-order valence-electron chi connectivity index (χ4n) is 0.951. The highest BCUT2D eigenvalue weighted by Gasteiger charge is 2.30. The molecule has 0 saturated heterocycles. The molecule has 0 aliphatic carbocycles. The predicted octanol–water partition coefficient (Wildman–Crippen LogP) is 2.37. The van der Waals surface area contributed by atoms with E-state index < -0.39 is 11.7 Å². The van der Waals surface area contributed by atoms with Gasteiger partial charge in [0.25, 0.3) is 0 Å². The molecule has 0 aliphatic rings. The molecule has 8 heteroatoms. The third kappa shape index (κ3) is 2.51. The lowest BCUT2D eigenvalue weighted by Gasteiger charge is -2.05. The van der Waals surface area contributed by atoms with Crippen molar-refractivity contribution in [3.05, 3.63) is 30.2 Å². The molecule has 0 radical (unpaired) electrons. The SMILES string of the molecule is FC(F)(F)c1ccc(Sc2ncn[nH]2)nc1. The fraction of sp³-hybridized carbons (Fsp3) is 0.125. The first-order valence-corrected chi connectivity index (χ1v) is 4.94. The molecular formula is C8H5F3N4S. The third-order valence-corrected chi connectivity index (χ3v) is 2.50. The number of rotatable bonds is 2. The van der Waals surface area contributed by atoms with Gasteiger partial charge in [0.1, 0.15) is 11.4 Å². The van der Waals surface area contributed by atoms with Gasteiger partial charge in [0.05, 0.1) is 5.56 Å². The first-order valence-electron chi connectivity index (χ1n) is 4.12. The molecule has 0 spiro atoms. The quantitative estimate of drug-likeness (QED) is 0.883. The van der Waals surface area contributed by atoms with Gasteiger partial charge < -0.3 is 0 Å². The molecule has 0 aromatic carbocycles. The molecule has 0 unspecified atom stereocenters. The first-order chi connectivity index (χ1) is 7.55. The van der Waals surface area contributed by atoms with E-state index in [1.54, 1.807) is 0 Å². The van der Waals surface area contributed by atoms with Gasteiger partial charge in [-0.05, 0) is 23.9 Å². The van der Waals surface area contributed by atoms with Crippen molar-refractivity contribution in [2.24, 2.45) is 0 Å². The Balaban J connectivity index is 2.14. The summed E-state index contributed by atoms with van der Waals surface area (Å²) >= 11 is 1.11. The molecule has 0 fully saturated rings. The summed E-state index contributed by atoms with van der Waals surface area (Å²) in [4.78, 5) is 7.49. The summed E-state index contributed by atoms with van der Waals surface area (Å²) in [6, 6.07) is 2.27. The molecular weight excluding hydrogens is 241 g/mol. The van der Waals surface area contributed by atoms with Crippen LogP contribution in [0, 0.1) is 0 Å². The molecule has 2 aromatic rings. The van der Waals surface area contributed by atoms with Gasteiger partial charge in [0, 0.05) is 6.20 Å². The minimum Gasteiger partial charge on any atom is -0.254 e. The van der Waals surface area contributed by atoms with Gasteiger partial charge in [-0.25, -0.2) is 9.97 Å². The first kappa shape index (κ1) is 10.9. The number of alkyl halides is 3. The van der Waals surface area contributed by atoms with Crippen molar-refractivity contribution in [2.45, 2.75) is 16.4 Å². The molecule has 0 bridgehead atoms. The Morgan fingerprint density at radius 3 is 2.50 bits per heavy atom. The second-order valence-electron chi connectivity index (χ2n) is 2.78. The highest BCUT2D eigenvalue weighted by atomic mass is 32.2. The van der Waals surface area contributed by atoms with E-state index in [1.807, 2.05) is 0 Å². The summed E-state index contributed by atoms with van der Waals surface area (Å²) in [7, 11) is 0. The van der Waals surface area contributed by atoms with Crippen LogP contribution in [0.15, 0.2) is 34.8 Å². The number of halogens is 3. The summed E-state index contributed by atoms with van der Waals surface area (Å²) in [5, 5.41) is 7.08. The molecule has 2 aromatic heterocycles. The third-order valence-electron chi connectivity index (χ3n) is 1.66. The topological polar surface area (TPSA) is 54.5 Å². The van der Waals surface area contributed by atoms with Crippen molar-refractivity contribution in [3.63, 3.8) is 0 Å². The summed E-state index contributed by atoms with van der Waals surface area (Å²) in [5.74, 6) is 0. The normalized spacial score (nSPS) is 11.7. The lowest BCUT2D eigenvalue weighted by Crippen LogP contribution is -2.05. The van der Waals surface area contributed by atoms with Crippen molar-refractivity contribution in [1.82, 2.24) is 20.2 Å². The number of nitrogens with one attached hydrogen (secondary N) is 1. The van der Waals surface area contributed by atoms with E-state index in [9.17, 15) is 13.2 Å². The minimum absolute atomic E-state index is 0.421. The maximum absolute atomic E-state index is 12.2. The van der Waals surface area contributed by atoms with Gasteiger partial charge in [-0.1, -0.05) is 0 Å². The molecule has 4 nitrogen and oxygen atoms in total. The van der Waals surface area contributed by atoms with Gasteiger partial charge in [0.15, 0.2) is 5.16 Å². The summed E-state index contributed by atoms with van der Waals surface area (Å²) < 4.78 is 36.7. The number of aromatic amines is 1. The van der Waals surface area contributed by atoms with Gasteiger partial charge in [-0.15, -0.1) is 0 Å². The molecule has 0 amide bonds. The van der Waals surface area contributed by atoms with Crippen molar-refractivity contribution < 1.29 is 13.2 Å². The number of H-pyrrole nitrogens is 1. The van der Waals surface area contributed by atoms with Crippen LogP contribution < -0.4 is 0 Å². The van der Waals surface area contributed by atoms with Crippen molar-refractivity contribution in [3.8, 4) is 0 Å². The van der Waals surface area contributed by atoms with Gasteiger partial charge in [0.2, 0.25) is 0 Å². The zero-order chi connectivity index (χ0) is 11.6. The van der Waals surface area contributed by atoms with E-state index in [1.165, 1.54) is 12.4 Å². The Hall–Kier alpha value is -1.57. The van der Waals surface area contributed by atoms with Crippen LogP contribution in [0.3, 0.4) is 0 Å².